The third kappa shape index (κ3) is 7.21. The Hall–Kier alpha value is -2.58. The van der Waals surface area contributed by atoms with Gasteiger partial charge in [-0.1, -0.05) is 67.3 Å². The van der Waals surface area contributed by atoms with Crippen molar-refractivity contribution >= 4 is 39.1 Å². The standard InChI is InChI=1S/C26H34ClN3O4S/c1-19-23(27)15-10-16-24(19)30(35(3,33)34)18-25(31)29(17-21-11-6-4-7-12-21)20(2)26(32)28-22-13-8-5-9-14-22/h4,6-7,10-12,15-16,20,22H,5,8-9,13-14,17-18H2,1-3H3,(H,28,32). The van der Waals surface area contributed by atoms with Crippen LogP contribution in [0, 0.1) is 6.92 Å². The van der Waals surface area contributed by atoms with Gasteiger partial charge in [-0.2, -0.15) is 0 Å². The minimum Gasteiger partial charge on any atom is -0.352 e. The maximum atomic E-state index is 13.6. The summed E-state index contributed by atoms with van der Waals surface area (Å²) in [6.45, 7) is 3.15. The predicted octanol–water partition coefficient (Wildman–Crippen LogP) is 4.28. The summed E-state index contributed by atoms with van der Waals surface area (Å²) in [4.78, 5) is 28.2. The molecule has 0 radical (unpaired) electrons. The minimum absolute atomic E-state index is 0.106. The van der Waals surface area contributed by atoms with E-state index in [1.165, 1.54) is 11.3 Å². The van der Waals surface area contributed by atoms with Crippen molar-refractivity contribution in [3.05, 3.63) is 64.7 Å². The van der Waals surface area contributed by atoms with Crippen LogP contribution in [0.1, 0.15) is 50.2 Å². The first kappa shape index (κ1) is 27.0. The lowest BCUT2D eigenvalue weighted by Gasteiger charge is -2.33. The van der Waals surface area contributed by atoms with E-state index >= 15 is 0 Å². The third-order valence-electron chi connectivity index (χ3n) is 6.50. The largest absolute Gasteiger partial charge is 0.352 e. The van der Waals surface area contributed by atoms with E-state index in [9.17, 15) is 18.0 Å². The number of anilines is 1. The fourth-order valence-corrected chi connectivity index (χ4v) is 5.46. The topological polar surface area (TPSA) is 86.8 Å². The van der Waals surface area contributed by atoms with Gasteiger partial charge >= 0.3 is 0 Å². The van der Waals surface area contributed by atoms with E-state index in [1.54, 1.807) is 32.0 Å². The molecule has 1 fully saturated rings. The fourth-order valence-electron chi connectivity index (χ4n) is 4.39. The lowest BCUT2D eigenvalue weighted by molar-refractivity contribution is -0.139. The van der Waals surface area contributed by atoms with Crippen molar-refractivity contribution in [3.63, 3.8) is 0 Å². The summed E-state index contributed by atoms with van der Waals surface area (Å²) in [5, 5.41) is 3.50. The molecule has 1 unspecified atom stereocenters. The summed E-state index contributed by atoms with van der Waals surface area (Å²) in [6, 6.07) is 13.6. The highest BCUT2D eigenvalue weighted by molar-refractivity contribution is 7.92. The van der Waals surface area contributed by atoms with Crippen LogP contribution in [0.4, 0.5) is 5.69 Å². The highest BCUT2D eigenvalue weighted by Crippen LogP contribution is 2.28. The van der Waals surface area contributed by atoms with Crippen LogP contribution in [0.15, 0.2) is 48.5 Å². The van der Waals surface area contributed by atoms with Crippen molar-refractivity contribution in [1.29, 1.82) is 0 Å². The Labute approximate surface area is 213 Å². The molecule has 1 aliphatic carbocycles. The Balaban J connectivity index is 1.88. The molecule has 1 N–H and O–H groups in total. The number of sulfonamides is 1. The molecule has 7 nitrogen and oxygen atoms in total. The fraction of sp³-hybridized carbons (Fsp3) is 0.462. The second-order valence-corrected chi connectivity index (χ2v) is 11.5. The Morgan fingerprint density at radius 3 is 2.34 bits per heavy atom. The summed E-state index contributed by atoms with van der Waals surface area (Å²) in [5.41, 5.74) is 1.75. The van der Waals surface area contributed by atoms with Gasteiger partial charge in [0.2, 0.25) is 21.8 Å². The van der Waals surface area contributed by atoms with Gasteiger partial charge in [-0.3, -0.25) is 13.9 Å². The smallest absolute Gasteiger partial charge is 0.244 e. The van der Waals surface area contributed by atoms with Gasteiger partial charge in [0.25, 0.3) is 0 Å². The summed E-state index contributed by atoms with van der Waals surface area (Å²) >= 11 is 6.23. The molecule has 2 amide bonds. The molecule has 1 aliphatic rings. The number of nitrogens with zero attached hydrogens (tertiary/aromatic N) is 2. The summed E-state index contributed by atoms with van der Waals surface area (Å²) in [5.74, 6) is -0.698. The number of rotatable bonds is 9. The zero-order chi connectivity index (χ0) is 25.6. The Kier molecular flexibility index (Phi) is 9.19. The van der Waals surface area contributed by atoms with Crippen LogP contribution < -0.4 is 9.62 Å². The van der Waals surface area contributed by atoms with E-state index in [2.05, 4.69) is 5.32 Å². The van der Waals surface area contributed by atoms with Crippen LogP contribution >= 0.6 is 11.6 Å². The average Bonchev–Trinajstić information content (AvgIpc) is 2.83. The van der Waals surface area contributed by atoms with Gasteiger partial charge in [0.1, 0.15) is 12.6 Å². The van der Waals surface area contributed by atoms with E-state index in [-0.39, 0.29) is 18.5 Å². The first-order chi connectivity index (χ1) is 16.6. The van der Waals surface area contributed by atoms with Crippen LogP contribution in [-0.2, 0) is 26.2 Å². The number of carbonyl (C=O) groups is 2. The van der Waals surface area contributed by atoms with Gasteiger partial charge in [0.15, 0.2) is 0 Å². The van der Waals surface area contributed by atoms with Crippen molar-refractivity contribution in [3.8, 4) is 0 Å². The van der Waals surface area contributed by atoms with Crippen LogP contribution in [0.25, 0.3) is 0 Å². The van der Waals surface area contributed by atoms with Crippen molar-refractivity contribution in [2.24, 2.45) is 0 Å². The molecule has 0 aromatic heterocycles. The molecule has 35 heavy (non-hydrogen) atoms. The number of carbonyl (C=O) groups excluding carboxylic acids is 2. The second-order valence-electron chi connectivity index (χ2n) is 9.18. The summed E-state index contributed by atoms with van der Waals surface area (Å²) in [6.07, 6.45) is 6.25. The molecule has 1 saturated carbocycles. The molecule has 1 atom stereocenters. The Morgan fingerprint density at radius 1 is 1.06 bits per heavy atom. The number of nitrogens with one attached hydrogen (secondary N) is 1. The lowest BCUT2D eigenvalue weighted by atomic mass is 9.95. The number of amides is 2. The molecular weight excluding hydrogens is 486 g/mol. The van der Waals surface area contributed by atoms with Gasteiger partial charge in [-0.25, -0.2) is 8.42 Å². The normalized spacial score (nSPS) is 15.3. The SMILES string of the molecule is Cc1c(Cl)cccc1N(CC(=O)N(Cc1ccccc1)C(C)C(=O)NC1CCCCC1)S(C)(=O)=O. The van der Waals surface area contributed by atoms with Crippen LogP contribution in [0.3, 0.4) is 0 Å². The monoisotopic (exact) mass is 519 g/mol. The van der Waals surface area contributed by atoms with Crippen LogP contribution in [-0.4, -0.2) is 50.0 Å². The van der Waals surface area contributed by atoms with Crippen molar-refractivity contribution < 1.29 is 18.0 Å². The molecular formula is C26H34ClN3O4S. The van der Waals surface area contributed by atoms with E-state index < -0.39 is 28.5 Å². The molecule has 2 aromatic carbocycles. The zero-order valence-corrected chi connectivity index (χ0v) is 22.1. The van der Waals surface area contributed by atoms with Gasteiger partial charge in [-0.05, 0) is 49.9 Å². The van der Waals surface area contributed by atoms with Crippen molar-refractivity contribution in [2.45, 2.75) is 64.6 Å². The minimum atomic E-state index is -3.80. The highest BCUT2D eigenvalue weighted by Gasteiger charge is 2.31. The Morgan fingerprint density at radius 2 is 1.71 bits per heavy atom. The average molecular weight is 520 g/mol. The molecule has 0 aliphatic heterocycles. The molecule has 9 heteroatoms. The van der Waals surface area contributed by atoms with Gasteiger partial charge in [0, 0.05) is 17.6 Å². The second kappa shape index (κ2) is 11.9. The number of benzene rings is 2. The molecule has 3 rings (SSSR count). The Bertz CT molecular complexity index is 1130. The number of hydrogen-bond donors (Lipinski definition) is 1. The number of hydrogen-bond acceptors (Lipinski definition) is 4. The molecule has 0 heterocycles. The van der Waals surface area contributed by atoms with Crippen molar-refractivity contribution in [1.82, 2.24) is 10.2 Å². The van der Waals surface area contributed by atoms with Gasteiger partial charge in [-0.15, -0.1) is 0 Å². The van der Waals surface area contributed by atoms with E-state index in [0.717, 1.165) is 41.8 Å². The third-order valence-corrected chi connectivity index (χ3v) is 8.04. The van der Waals surface area contributed by atoms with E-state index in [4.69, 9.17) is 11.6 Å². The molecule has 2 aromatic rings. The van der Waals surface area contributed by atoms with E-state index in [1.807, 2.05) is 30.3 Å². The van der Waals surface area contributed by atoms with Crippen molar-refractivity contribution in [2.75, 3.05) is 17.1 Å². The quantitative estimate of drug-likeness (QED) is 0.535. The molecule has 0 bridgehead atoms. The van der Waals surface area contributed by atoms with Gasteiger partial charge < -0.3 is 10.2 Å². The summed E-state index contributed by atoms with van der Waals surface area (Å²) < 4.78 is 26.5. The van der Waals surface area contributed by atoms with Crippen LogP contribution in [0.2, 0.25) is 5.02 Å². The zero-order valence-electron chi connectivity index (χ0n) is 20.5. The van der Waals surface area contributed by atoms with Crippen LogP contribution in [0.5, 0.6) is 0 Å². The first-order valence-corrected chi connectivity index (χ1v) is 14.2. The first-order valence-electron chi connectivity index (χ1n) is 11.9. The molecule has 0 saturated heterocycles. The lowest BCUT2D eigenvalue weighted by Crippen LogP contribution is -2.53. The maximum absolute atomic E-state index is 13.6. The van der Waals surface area contributed by atoms with E-state index in [0.29, 0.717) is 16.3 Å². The molecule has 0 spiro atoms. The summed E-state index contributed by atoms with van der Waals surface area (Å²) in [7, 11) is -3.80. The van der Waals surface area contributed by atoms with Gasteiger partial charge in [0.05, 0.1) is 11.9 Å². The number of halogens is 1. The predicted molar refractivity (Wildman–Crippen MR) is 140 cm³/mol. The highest BCUT2D eigenvalue weighted by atomic mass is 35.5. The maximum Gasteiger partial charge on any atom is 0.244 e. The molecule has 190 valence electrons.